The monoisotopic (exact) mass is 408 g/mol. The number of aromatic nitrogens is 2. The molecule has 0 spiro atoms. The van der Waals surface area contributed by atoms with Gasteiger partial charge in [-0.25, -0.2) is 9.97 Å². The van der Waals surface area contributed by atoms with Crippen LogP contribution in [0.4, 0.5) is 5.82 Å². The molecule has 6 nitrogen and oxygen atoms in total. The fourth-order valence-corrected chi connectivity index (χ4v) is 3.64. The summed E-state index contributed by atoms with van der Waals surface area (Å²) in [5.41, 5.74) is 0.537. The van der Waals surface area contributed by atoms with Crippen LogP contribution < -0.4 is 9.64 Å². The number of benzene rings is 2. The van der Waals surface area contributed by atoms with E-state index in [9.17, 15) is 4.79 Å². The van der Waals surface area contributed by atoms with E-state index in [0.717, 1.165) is 11.6 Å². The molecule has 7 heteroatoms. The van der Waals surface area contributed by atoms with Crippen molar-refractivity contribution in [2.75, 3.05) is 24.5 Å². The highest BCUT2D eigenvalue weighted by Gasteiger charge is 2.29. The highest BCUT2D eigenvalue weighted by Crippen LogP contribution is 2.25. The molecule has 0 radical (unpaired) electrons. The molecule has 1 atom stereocenters. The molecule has 1 aromatic heterocycles. The first-order valence-electron chi connectivity index (χ1n) is 9.47. The van der Waals surface area contributed by atoms with E-state index in [-0.39, 0.29) is 11.9 Å². The lowest BCUT2D eigenvalue weighted by atomic mass is 10.1. The van der Waals surface area contributed by atoms with Crippen LogP contribution in [0.1, 0.15) is 17.3 Å². The van der Waals surface area contributed by atoms with E-state index in [4.69, 9.17) is 16.3 Å². The first-order valence-corrected chi connectivity index (χ1v) is 9.85. The second kappa shape index (κ2) is 8.49. The number of halogens is 1. The lowest BCUT2D eigenvalue weighted by Gasteiger charge is -2.40. The van der Waals surface area contributed by atoms with Gasteiger partial charge in [-0.3, -0.25) is 4.79 Å². The van der Waals surface area contributed by atoms with E-state index in [1.165, 1.54) is 6.33 Å². The number of carbonyl (C=O) groups excluding carboxylic acids is 1. The van der Waals surface area contributed by atoms with Crippen LogP contribution in [-0.4, -0.2) is 46.5 Å². The molecule has 1 aliphatic heterocycles. The zero-order chi connectivity index (χ0) is 20.2. The van der Waals surface area contributed by atoms with Crippen molar-refractivity contribution in [3.05, 3.63) is 77.6 Å². The number of hydrogen-bond donors (Lipinski definition) is 0. The first kappa shape index (κ1) is 19.2. The SMILES string of the molecule is C[C@@H]1CN(c2cc(Oc3ccccc3)ncn2)CCN1C(=O)c1ccccc1Cl. The van der Waals surface area contributed by atoms with Gasteiger partial charge in [0, 0.05) is 31.7 Å². The highest BCUT2D eigenvalue weighted by molar-refractivity contribution is 6.33. The van der Waals surface area contributed by atoms with Gasteiger partial charge in [0.25, 0.3) is 5.91 Å². The summed E-state index contributed by atoms with van der Waals surface area (Å²) in [6, 6.07) is 18.5. The summed E-state index contributed by atoms with van der Waals surface area (Å²) in [7, 11) is 0. The summed E-state index contributed by atoms with van der Waals surface area (Å²) < 4.78 is 5.81. The van der Waals surface area contributed by atoms with Crippen molar-refractivity contribution < 1.29 is 9.53 Å². The van der Waals surface area contributed by atoms with E-state index < -0.39 is 0 Å². The average molecular weight is 409 g/mol. The zero-order valence-electron chi connectivity index (χ0n) is 16.0. The minimum absolute atomic E-state index is 0.0148. The smallest absolute Gasteiger partial charge is 0.255 e. The van der Waals surface area contributed by atoms with Gasteiger partial charge in [0.05, 0.1) is 10.6 Å². The van der Waals surface area contributed by atoms with Crippen LogP contribution in [0.25, 0.3) is 0 Å². The van der Waals surface area contributed by atoms with Crippen LogP contribution in [0.2, 0.25) is 5.02 Å². The Balaban J connectivity index is 1.45. The Morgan fingerprint density at radius 3 is 2.59 bits per heavy atom. The van der Waals surface area contributed by atoms with Crippen LogP contribution in [0, 0.1) is 0 Å². The third-order valence-electron chi connectivity index (χ3n) is 4.91. The molecule has 2 aromatic carbocycles. The molecule has 148 valence electrons. The Kier molecular flexibility index (Phi) is 5.62. The Morgan fingerprint density at radius 1 is 1.07 bits per heavy atom. The van der Waals surface area contributed by atoms with Crippen molar-refractivity contribution in [2.24, 2.45) is 0 Å². The molecule has 2 heterocycles. The third kappa shape index (κ3) is 4.32. The lowest BCUT2D eigenvalue weighted by molar-refractivity contribution is 0.0674. The molecule has 29 heavy (non-hydrogen) atoms. The summed E-state index contributed by atoms with van der Waals surface area (Å²) in [4.78, 5) is 25.5. The molecule has 1 fully saturated rings. The van der Waals surface area contributed by atoms with Gasteiger partial charge in [0.2, 0.25) is 5.88 Å². The van der Waals surface area contributed by atoms with Gasteiger partial charge in [0.1, 0.15) is 17.9 Å². The summed E-state index contributed by atoms with van der Waals surface area (Å²) >= 11 is 6.21. The van der Waals surface area contributed by atoms with E-state index in [1.54, 1.807) is 12.1 Å². The maximum Gasteiger partial charge on any atom is 0.255 e. The predicted octanol–water partition coefficient (Wildman–Crippen LogP) is 4.27. The van der Waals surface area contributed by atoms with Gasteiger partial charge in [-0.2, -0.15) is 0 Å². The topological polar surface area (TPSA) is 58.6 Å². The van der Waals surface area contributed by atoms with Crippen LogP contribution in [0.3, 0.4) is 0 Å². The van der Waals surface area contributed by atoms with Crippen molar-refractivity contribution >= 4 is 23.3 Å². The van der Waals surface area contributed by atoms with Gasteiger partial charge in [-0.05, 0) is 31.2 Å². The van der Waals surface area contributed by atoms with E-state index in [1.807, 2.05) is 60.4 Å². The van der Waals surface area contributed by atoms with Crippen LogP contribution in [-0.2, 0) is 0 Å². The lowest BCUT2D eigenvalue weighted by Crippen LogP contribution is -2.54. The number of nitrogens with zero attached hydrogens (tertiary/aromatic N) is 4. The first-order chi connectivity index (χ1) is 14.1. The van der Waals surface area contributed by atoms with Crippen LogP contribution >= 0.6 is 11.6 Å². The number of rotatable bonds is 4. The van der Waals surface area contributed by atoms with Crippen molar-refractivity contribution in [1.82, 2.24) is 14.9 Å². The number of hydrogen-bond acceptors (Lipinski definition) is 5. The minimum Gasteiger partial charge on any atom is -0.439 e. The maximum atomic E-state index is 12.9. The normalized spacial score (nSPS) is 16.6. The van der Waals surface area contributed by atoms with Crippen LogP contribution in [0.15, 0.2) is 67.0 Å². The van der Waals surface area contributed by atoms with Crippen molar-refractivity contribution in [2.45, 2.75) is 13.0 Å². The summed E-state index contributed by atoms with van der Waals surface area (Å²) in [6.45, 7) is 3.95. The molecular formula is C22H21ClN4O2. The van der Waals surface area contributed by atoms with Crippen molar-refractivity contribution in [3.63, 3.8) is 0 Å². The van der Waals surface area contributed by atoms with Crippen molar-refractivity contribution in [3.8, 4) is 11.6 Å². The van der Waals surface area contributed by atoms with E-state index >= 15 is 0 Å². The largest absolute Gasteiger partial charge is 0.439 e. The molecule has 0 N–H and O–H groups in total. The minimum atomic E-state index is -0.0430. The van der Waals surface area contributed by atoms with Gasteiger partial charge < -0.3 is 14.5 Å². The number of amides is 1. The molecule has 0 aliphatic carbocycles. The Morgan fingerprint density at radius 2 is 1.83 bits per heavy atom. The number of carbonyl (C=O) groups is 1. The molecule has 0 saturated carbocycles. The molecule has 1 saturated heterocycles. The molecule has 0 bridgehead atoms. The molecule has 1 aliphatic rings. The summed E-state index contributed by atoms with van der Waals surface area (Å²) in [5.74, 6) is 1.95. The predicted molar refractivity (Wildman–Crippen MR) is 113 cm³/mol. The second-order valence-electron chi connectivity index (χ2n) is 6.90. The number of para-hydroxylation sites is 1. The maximum absolute atomic E-state index is 12.9. The molecular weight excluding hydrogens is 388 g/mol. The molecule has 1 amide bonds. The average Bonchev–Trinajstić information content (AvgIpc) is 2.74. The molecule has 3 aromatic rings. The Labute approximate surface area is 174 Å². The molecule has 0 unspecified atom stereocenters. The fraction of sp³-hybridized carbons (Fsp3) is 0.227. The Hall–Kier alpha value is -3.12. The van der Waals surface area contributed by atoms with Gasteiger partial charge >= 0.3 is 0 Å². The Bertz CT molecular complexity index is 999. The number of anilines is 1. The van der Waals surface area contributed by atoms with E-state index in [0.29, 0.717) is 36.1 Å². The second-order valence-corrected chi connectivity index (χ2v) is 7.31. The quantitative estimate of drug-likeness (QED) is 0.645. The zero-order valence-corrected chi connectivity index (χ0v) is 16.8. The van der Waals surface area contributed by atoms with E-state index in [2.05, 4.69) is 14.9 Å². The summed E-state index contributed by atoms with van der Waals surface area (Å²) in [5, 5.41) is 0.477. The van der Waals surface area contributed by atoms with Crippen molar-refractivity contribution in [1.29, 1.82) is 0 Å². The van der Waals surface area contributed by atoms with Crippen LogP contribution in [0.5, 0.6) is 11.6 Å². The standard InChI is InChI=1S/C22H21ClN4O2/c1-16-14-26(11-12-27(16)22(28)18-9-5-6-10-19(18)23)20-13-21(25-15-24-20)29-17-7-3-2-4-8-17/h2-10,13,15-16H,11-12,14H2,1H3/t16-/m1/s1. The number of piperazine rings is 1. The van der Waals surface area contributed by atoms with Gasteiger partial charge in [0.15, 0.2) is 0 Å². The highest BCUT2D eigenvalue weighted by atomic mass is 35.5. The van der Waals surface area contributed by atoms with Gasteiger partial charge in [-0.1, -0.05) is 41.9 Å². The summed E-state index contributed by atoms with van der Waals surface area (Å²) in [6.07, 6.45) is 1.50. The fourth-order valence-electron chi connectivity index (χ4n) is 3.42. The third-order valence-corrected chi connectivity index (χ3v) is 5.24. The number of ether oxygens (including phenoxy) is 1. The van der Waals surface area contributed by atoms with Gasteiger partial charge in [-0.15, -0.1) is 0 Å². The molecule has 4 rings (SSSR count).